The van der Waals surface area contributed by atoms with Crippen LogP contribution in [-0.4, -0.2) is 9.78 Å². The quantitative estimate of drug-likeness (QED) is 0.939. The van der Waals surface area contributed by atoms with Crippen molar-refractivity contribution in [1.29, 1.82) is 0 Å². The smallest absolute Gasteiger partial charge is 0.0701 e. The molecule has 1 N–H and O–H groups in total. The normalized spacial score (nSPS) is 11.1. The molecule has 0 atom stereocenters. The minimum absolute atomic E-state index is 0.874. The first-order valence-corrected chi connectivity index (χ1v) is 7.18. The van der Waals surface area contributed by atoms with Gasteiger partial charge in [-0.3, -0.25) is 4.68 Å². The van der Waals surface area contributed by atoms with E-state index in [1.807, 2.05) is 11.7 Å². The van der Waals surface area contributed by atoms with Gasteiger partial charge in [0.15, 0.2) is 0 Å². The molecule has 2 aromatic rings. The molecule has 0 fully saturated rings. The Labute approximate surface area is 114 Å². The lowest BCUT2D eigenvalue weighted by Gasteiger charge is -2.04. The summed E-state index contributed by atoms with van der Waals surface area (Å²) >= 11 is 5.19. The van der Waals surface area contributed by atoms with E-state index in [0.717, 1.165) is 18.8 Å². The van der Waals surface area contributed by atoms with Crippen LogP contribution < -0.4 is 5.32 Å². The van der Waals surface area contributed by atoms with Gasteiger partial charge in [-0.15, -0.1) is 11.3 Å². The van der Waals surface area contributed by atoms with Crippen molar-refractivity contribution in [2.75, 3.05) is 0 Å². The molecule has 0 aliphatic heterocycles. The lowest BCUT2D eigenvalue weighted by atomic mass is 10.2. The van der Waals surface area contributed by atoms with Crippen molar-refractivity contribution >= 4 is 27.3 Å². The minimum Gasteiger partial charge on any atom is -0.308 e. The Hall–Kier alpha value is -0.650. The van der Waals surface area contributed by atoms with Crippen LogP contribution in [-0.2, 0) is 20.1 Å². The van der Waals surface area contributed by atoms with Gasteiger partial charge in [-0.25, -0.2) is 0 Å². The summed E-state index contributed by atoms with van der Waals surface area (Å²) in [6, 6.07) is 2.15. The fourth-order valence-corrected chi connectivity index (χ4v) is 3.05. The Morgan fingerprint density at radius 3 is 2.71 bits per heavy atom. The summed E-state index contributed by atoms with van der Waals surface area (Å²) in [5, 5.41) is 10.0. The Balaban J connectivity index is 1.94. The largest absolute Gasteiger partial charge is 0.308 e. The molecule has 2 rings (SSSR count). The third-order valence-corrected chi connectivity index (χ3v) is 4.46. The maximum atomic E-state index is 4.41. The molecule has 0 spiro atoms. The predicted octanol–water partition coefficient (Wildman–Crippen LogP) is 3.15. The summed E-state index contributed by atoms with van der Waals surface area (Å²) in [4.78, 5) is 0. The van der Waals surface area contributed by atoms with E-state index in [1.165, 1.54) is 20.6 Å². The van der Waals surface area contributed by atoms with Crippen molar-refractivity contribution in [1.82, 2.24) is 15.1 Å². The highest BCUT2D eigenvalue weighted by Crippen LogP contribution is 2.20. The molecule has 92 valence electrons. The Kier molecular flexibility index (Phi) is 4.01. The molecule has 0 aliphatic rings. The van der Waals surface area contributed by atoms with Gasteiger partial charge in [-0.2, -0.15) is 5.10 Å². The number of aromatic nitrogens is 2. The van der Waals surface area contributed by atoms with E-state index in [9.17, 15) is 0 Å². The predicted molar refractivity (Wildman–Crippen MR) is 75.2 cm³/mol. The van der Waals surface area contributed by atoms with Crippen molar-refractivity contribution in [3.05, 3.63) is 37.7 Å². The van der Waals surface area contributed by atoms with Crippen molar-refractivity contribution in [2.45, 2.75) is 26.9 Å². The summed E-state index contributed by atoms with van der Waals surface area (Å²) in [7, 11) is 1.99. The topological polar surface area (TPSA) is 29.9 Å². The molecule has 5 heteroatoms. The Bertz CT molecular complexity index is 516. The second-order valence-electron chi connectivity index (χ2n) is 4.14. The van der Waals surface area contributed by atoms with Crippen LogP contribution in [0.1, 0.15) is 22.5 Å². The van der Waals surface area contributed by atoms with Crippen LogP contribution >= 0.6 is 27.3 Å². The molecule has 0 amide bonds. The molecule has 2 aromatic heterocycles. The number of rotatable bonds is 4. The summed E-state index contributed by atoms with van der Waals surface area (Å²) in [6.45, 7) is 5.94. The van der Waals surface area contributed by atoms with Crippen LogP contribution in [0.5, 0.6) is 0 Å². The van der Waals surface area contributed by atoms with Gasteiger partial charge in [0, 0.05) is 31.4 Å². The Morgan fingerprint density at radius 1 is 1.41 bits per heavy atom. The number of hydrogen-bond donors (Lipinski definition) is 1. The molecule has 0 radical (unpaired) electrons. The summed E-state index contributed by atoms with van der Waals surface area (Å²) in [6.07, 6.45) is 0. The Morgan fingerprint density at radius 2 is 2.18 bits per heavy atom. The average Bonchev–Trinajstić information content (AvgIpc) is 2.78. The fourth-order valence-electron chi connectivity index (χ4n) is 1.84. The van der Waals surface area contributed by atoms with E-state index in [4.69, 9.17) is 0 Å². The molecular weight excluding hydrogens is 298 g/mol. The number of thiophene rings is 1. The van der Waals surface area contributed by atoms with Crippen LogP contribution in [0.3, 0.4) is 0 Å². The van der Waals surface area contributed by atoms with Crippen LogP contribution in [0.25, 0.3) is 0 Å². The van der Waals surface area contributed by atoms with Gasteiger partial charge >= 0.3 is 0 Å². The van der Waals surface area contributed by atoms with Crippen molar-refractivity contribution < 1.29 is 0 Å². The molecule has 3 nitrogen and oxygen atoms in total. The molecule has 0 aliphatic carbocycles. The van der Waals surface area contributed by atoms with Crippen molar-refractivity contribution in [3.8, 4) is 0 Å². The number of nitrogens with zero attached hydrogens (tertiary/aromatic N) is 2. The average molecular weight is 314 g/mol. The number of aryl methyl sites for hydroxylation is 2. The highest BCUT2D eigenvalue weighted by molar-refractivity contribution is 9.11. The maximum absolute atomic E-state index is 4.41. The van der Waals surface area contributed by atoms with E-state index in [0.29, 0.717) is 0 Å². The first-order chi connectivity index (χ1) is 8.08. The van der Waals surface area contributed by atoms with E-state index in [2.05, 4.69) is 51.6 Å². The SMILES string of the molecule is Cc1nn(C)c(C)c1CNCc1csc(Br)c1. The van der Waals surface area contributed by atoms with Crippen molar-refractivity contribution in [2.24, 2.45) is 7.05 Å². The molecule has 0 unspecified atom stereocenters. The van der Waals surface area contributed by atoms with Gasteiger partial charge in [0.05, 0.1) is 9.48 Å². The first-order valence-electron chi connectivity index (χ1n) is 5.50. The van der Waals surface area contributed by atoms with Crippen LogP contribution in [0, 0.1) is 13.8 Å². The van der Waals surface area contributed by atoms with Gasteiger partial charge < -0.3 is 5.32 Å². The van der Waals surface area contributed by atoms with Gasteiger partial charge in [0.1, 0.15) is 0 Å². The third-order valence-electron chi connectivity index (χ3n) is 2.91. The third kappa shape index (κ3) is 2.97. The highest BCUT2D eigenvalue weighted by Gasteiger charge is 2.08. The fraction of sp³-hybridized carbons (Fsp3) is 0.417. The van der Waals surface area contributed by atoms with E-state index in [1.54, 1.807) is 11.3 Å². The van der Waals surface area contributed by atoms with Gasteiger partial charge in [0.2, 0.25) is 0 Å². The summed E-state index contributed by atoms with van der Waals surface area (Å²) in [5.41, 5.74) is 4.98. The lowest BCUT2D eigenvalue weighted by Crippen LogP contribution is -2.13. The molecule has 17 heavy (non-hydrogen) atoms. The molecule has 0 bridgehead atoms. The second-order valence-corrected chi connectivity index (χ2v) is 6.43. The standard InChI is InChI=1S/C12H16BrN3S/c1-8-11(9(2)16(3)15-8)6-14-5-10-4-12(13)17-7-10/h4,7,14H,5-6H2,1-3H3. The number of halogens is 1. The van der Waals surface area contributed by atoms with E-state index < -0.39 is 0 Å². The van der Waals surface area contributed by atoms with Crippen LogP contribution in [0.4, 0.5) is 0 Å². The number of hydrogen-bond acceptors (Lipinski definition) is 3. The zero-order chi connectivity index (χ0) is 12.4. The molecule has 0 saturated heterocycles. The molecular formula is C12H16BrN3S. The van der Waals surface area contributed by atoms with E-state index in [-0.39, 0.29) is 0 Å². The molecule has 0 saturated carbocycles. The molecule has 2 heterocycles. The van der Waals surface area contributed by atoms with Gasteiger partial charge in [-0.1, -0.05) is 0 Å². The second kappa shape index (κ2) is 5.33. The maximum Gasteiger partial charge on any atom is 0.0701 e. The summed E-state index contributed by atoms with van der Waals surface area (Å²) in [5.74, 6) is 0. The zero-order valence-electron chi connectivity index (χ0n) is 10.2. The molecule has 0 aromatic carbocycles. The minimum atomic E-state index is 0.874. The highest BCUT2D eigenvalue weighted by atomic mass is 79.9. The zero-order valence-corrected chi connectivity index (χ0v) is 12.7. The van der Waals surface area contributed by atoms with Crippen molar-refractivity contribution in [3.63, 3.8) is 0 Å². The summed E-state index contributed by atoms with van der Waals surface area (Å²) < 4.78 is 3.12. The van der Waals surface area contributed by atoms with Crippen LogP contribution in [0.15, 0.2) is 15.2 Å². The monoisotopic (exact) mass is 313 g/mol. The lowest BCUT2D eigenvalue weighted by molar-refractivity contribution is 0.685. The van der Waals surface area contributed by atoms with Crippen LogP contribution in [0.2, 0.25) is 0 Å². The first kappa shape index (κ1) is 12.8. The van der Waals surface area contributed by atoms with Gasteiger partial charge in [0.25, 0.3) is 0 Å². The number of nitrogens with one attached hydrogen (secondary N) is 1. The van der Waals surface area contributed by atoms with E-state index >= 15 is 0 Å². The van der Waals surface area contributed by atoms with Gasteiger partial charge in [-0.05, 0) is 46.8 Å².